The topological polar surface area (TPSA) is 23.5 Å². The summed E-state index contributed by atoms with van der Waals surface area (Å²) in [5.74, 6) is 0. The number of hydrogen-bond acceptors (Lipinski definition) is 3. The number of aliphatic hydroxyl groups is 1. The van der Waals surface area contributed by atoms with Crippen LogP contribution in [0.15, 0.2) is 30.8 Å². The largest absolute Gasteiger partial charge is 0.393 e. The van der Waals surface area contributed by atoms with Gasteiger partial charge < -0.3 is 10.0 Å². The summed E-state index contributed by atoms with van der Waals surface area (Å²) < 4.78 is 0. The van der Waals surface area contributed by atoms with Crippen LogP contribution in [-0.4, -0.2) is 24.3 Å². The summed E-state index contributed by atoms with van der Waals surface area (Å²) in [6.45, 7) is 5.66. The van der Waals surface area contributed by atoms with Crippen LogP contribution >= 0.6 is 12.6 Å². The molecule has 16 heavy (non-hydrogen) atoms. The molecule has 1 aliphatic heterocycles. The summed E-state index contributed by atoms with van der Waals surface area (Å²) >= 11 is 4.22. The molecular formula is C13H17NOS. The predicted octanol–water partition coefficient (Wildman–Crippen LogP) is 2.55. The smallest absolute Gasteiger partial charge is 0.0574 e. The van der Waals surface area contributed by atoms with E-state index >= 15 is 0 Å². The Balaban J connectivity index is 2.07. The average molecular weight is 235 g/mol. The van der Waals surface area contributed by atoms with E-state index in [2.05, 4.69) is 36.2 Å². The Kier molecular flexibility index (Phi) is 3.56. The zero-order valence-electron chi connectivity index (χ0n) is 9.26. The first-order valence-corrected chi connectivity index (χ1v) is 6.03. The molecule has 86 valence electrons. The van der Waals surface area contributed by atoms with Gasteiger partial charge in [-0.15, -0.1) is 12.6 Å². The third-order valence-electron chi connectivity index (χ3n) is 3.03. The summed E-state index contributed by atoms with van der Waals surface area (Å²) in [4.78, 5) is 3.10. The van der Waals surface area contributed by atoms with Gasteiger partial charge in [-0.3, -0.25) is 0 Å². The van der Waals surface area contributed by atoms with Crippen LogP contribution in [0, 0.1) is 0 Å². The molecule has 0 atom stereocenters. The second-order valence-corrected chi connectivity index (χ2v) is 4.75. The van der Waals surface area contributed by atoms with Gasteiger partial charge in [0.1, 0.15) is 0 Å². The lowest BCUT2D eigenvalue weighted by atomic mass is 10.1. The highest BCUT2D eigenvalue weighted by atomic mass is 32.1. The third kappa shape index (κ3) is 2.60. The first kappa shape index (κ1) is 11.6. The van der Waals surface area contributed by atoms with Crippen LogP contribution in [0.3, 0.4) is 0 Å². The monoisotopic (exact) mass is 235 g/mol. The average Bonchev–Trinajstić information content (AvgIpc) is 2.30. The molecule has 0 spiro atoms. The Hall–Kier alpha value is -0.930. The maximum absolute atomic E-state index is 9.44. The van der Waals surface area contributed by atoms with Gasteiger partial charge >= 0.3 is 0 Å². The van der Waals surface area contributed by atoms with E-state index in [0.717, 1.165) is 36.4 Å². The number of aliphatic hydroxyl groups excluding tert-OH is 1. The fourth-order valence-corrected chi connectivity index (χ4v) is 2.14. The van der Waals surface area contributed by atoms with Gasteiger partial charge in [0.25, 0.3) is 0 Å². The highest BCUT2D eigenvalue weighted by molar-refractivity contribution is 7.90. The van der Waals surface area contributed by atoms with Crippen LogP contribution in [0.5, 0.6) is 0 Å². The van der Waals surface area contributed by atoms with Gasteiger partial charge in [-0.05, 0) is 30.5 Å². The lowest BCUT2D eigenvalue weighted by molar-refractivity contribution is 0.145. The van der Waals surface area contributed by atoms with E-state index in [1.165, 1.54) is 5.69 Å². The molecule has 0 saturated carbocycles. The van der Waals surface area contributed by atoms with Gasteiger partial charge in [-0.25, -0.2) is 0 Å². The van der Waals surface area contributed by atoms with Crippen LogP contribution in [0.25, 0.3) is 4.91 Å². The van der Waals surface area contributed by atoms with E-state index in [9.17, 15) is 5.11 Å². The van der Waals surface area contributed by atoms with Crippen molar-refractivity contribution >= 4 is 23.2 Å². The maximum atomic E-state index is 9.44. The van der Waals surface area contributed by atoms with Crippen LogP contribution < -0.4 is 4.90 Å². The molecule has 1 heterocycles. The number of rotatable bonds is 2. The Morgan fingerprint density at radius 2 is 1.81 bits per heavy atom. The maximum Gasteiger partial charge on any atom is 0.0574 e. The van der Waals surface area contributed by atoms with Crippen molar-refractivity contribution < 1.29 is 5.11 Å². The molecule has 0 radical (unpaired) electrons. The summed E-state index contributed by atoms with van der Waals surface area (Å²) in [5.41, 5.74) is 2.27. The van der Waals surface area contributed by atoms with Gasteiger partial charge in [0.2, 0.25) is 0 Å². The van der Waals surface area contributed by atoms with Crippen molar-refractivity contribution in [2.45, 2.75) is 18.9 Å². The van der Waals surface area contributed by atoms with Crippen LogP contribution in [0.1, 0.15) is 18.4 Å². The molecule has 1 saturated heterocycles. The number of nitrogens with zero attached hydrogens (tertiary/aromatic N) is 1. The highest BCUT2D eigenvalue weighted by Crippen LogP contribution is 2.23. The van der Waals surface area contributed by atoms with Crippen molar-refractivity contribution in [3.63, 3.8) is 0 Å². The van der Waals surface area contributed by atoms with Gasteiger partial charge in [0.05, 0.1) is 6.10 Å². The minimum Gasteiger partial charge on any atom is -0.393 e. The molecule has 0 aromatic heterocycles. The van der Waals surface area contributed by atoms with E-state index in [4.69, 9.17) is 0 Å². The molecule has 0 bridgehead atoms. The molecule has 2 rings (SSSR count). The van der Waals surface area contributed by atoms with E-state index < -0.39 is 0 Å². The Bertz CT molecular complexity index is 366. The number of benzene rings is 1. The van der Waals surface area contributed by atoms with Gasteiger partial charge in [-0.1, -0.05) is 18.7 Å². The zero-order valence-corrected chi connectivity index (χ0v) is 10.2. The minimum absolute atomic E-state index is 0.118. The second-order valence-electron chi connectivity index (χ2n) is 4.21. The lowest BCUT2D eigenvalue weighted by Gasteiger charge is -2.31. The predicted molar refractivity (Wildman–Crippen MR) is 71.9 cm³/mol. The normalized spacial score (nSPS) is 17.5. The van der Waals surface area contributed by atoms with Crippen molar-refractivity contribution in [3.05, 3.63) is 36.4 Å². The molecule has 0 unspecified atom stereocenters. The molecule has 0 amide bonds. The molecule has 3 heteroatoms. The van der Waals surface area contributed by atoms with E-state index in [1.54, 1.807) is 0 Å². The molecule has 1 N–H and O–H groups in total. The van der Waals surface area contributed by atoms with Crippen molar-refractivity contribution in [2.24, 2.45) is 0 Å². The minimum atomic E-state index is -0.118. The zero-order chi connectivity index (χ0) is 11.5. The Labute approximate surface area is 102 Å². The number of hydrogen-bond donors (Lipinski definition) is 2. The Morgan fingerprint density at radius 3 is 2.31 bits per heavy atom. The van der Waals surface area contributed by atoms with Crippen molar-refractivity contribution in [1.29, 1.82) is 0 Å². The van der Waals surface area contributed by atoms with Crippen LogP contribution in [0.4, 0.5) is 5.69 Å². The molecule has 1 aromatic rings. The summed E-state index contributed by atoms with van der Waals surface area (Å²) in [6.07, 6.45) is 1.61. The van der Waals surface area contributed by atoms with Crippen molar-refractivity contribution in [1.82, 2.24) is 0 Å². The number of piperidine rings is 1. The Morgan fingerprint density at radius 1 is 1.25 bits per heavy atom. The molecule has 2 nitrogen and oxygen atoms in total. The number of anilines is 1. The molecular weight excluding hydrogens is 218 g/mol. The fraction of sp³-hybridized carbons (Fsp3) is 0.385. The first-order chi connectivity index (χ1) is 7.66. The van der Waals surface area contributed by atoms with E-state index in [0.29, 0.717) is 0 Å². The van der Waals surface area contributed by atoms with Crippen molar-refractivity contribution in [2.75, 3.05) is 18.0 Å². The second kappa shape index (κ2) is 4.93. The summed E-state index contributed by atoms with van der Waals surface area (Å²) in [5, 5.41) is 9.44. The van der Waals surface area contributed by atoms with Gasteiger partial charge in [0.15, 0.2) is 0 Å². The van der Waals surface area contributed by atoms with Gasteiger partial charge in [0, 0.05) is 23.7 Å². The quantitative estimate of drug-likeness (QED) is 0.770. The molecule has 0 aliphatic carbocycles. The highest BCUT2D eigenvalue weighted by Gasteiger charge is 2.16. The van der Waals surface area contributed by atoms with Crippen molar-refractivity contribution in [3.8, 4) is 0 Å². The number of thiol groups is 1. The summed E-state index contributed by atoms with van der Waals surface area (Å²) in [6, 6.07) is 8.26. The first-order valence-electron chi connectivity index (χ1n) is 5.58. The SMILES string of the molecule is C=C(S)c1ccc(N2CCC(O)CC2)cc1. The third-order valence-corrected chi connectivity index (χ3v) is 3.29. The van der Waals surface area contributed by atoms with Crippen LogP contribution in [-0.2, 0) is 0 Å². The molecule has 1 fully saturated rings. The lowest BCUT2D eigenvalue weighted by Crippen LogP contribution is -2.35. The summed E-state index contributed by atoms with van der Waals surface area (Å²) in [7, 11) is 0. The molecule has 1 aliphatic rings. The standard InChI is InChI=1S/C13H17NOS/c1-10(16)11-2-4-12(5-3-11)14-8-6-13(15)7-9-14/h2-5,13,15-16H,1,6-9H2. The van der Waals surface area contributed by atoms with Crippen LogP contribution in [0.2, 0.25) is 0 Å². The van der Waals surface area contributed by atoms with Gasteiger partial charge in [-0.2, -0.15) is 0 Å². The van der Waals surface area contributed by atoms with E-state index in [-0.39, 0.29) is 6.10 Å². The molecule has 1 aromatic carbocycles. The van der Waals surface area contributed by atoms with E-state index in [1.807, 2.05) is 12.1 Å². The fourth-order valence-electron chi connectivity index (χ4n) is 1.99.